The van der Waals surface area contributed by atoms with Gasteiger partial charge in [0.15, 0.2) is 0 Å². The second kappa shape index (κ2) is 5.58. The summed E-state index contributed by atoms with van der Waals surface area (Å²) in [6.07, 6.45) is -4.30. The summed E-state index contributed by atoms with van der Waals surface area (Å²) in [7, 11) is 0. The molecule has 5 N–H and O–H groups in total. The van der Waals surface area contributed by atoms with Crippen LogP contribution in [0.3, 0.4) is 0 Å². The van der Waals surface area contributed by atoms with Crippen LogP contribution in [0.25, 0.3) is 0 Å². The lowest BCUT2D eigenvalue weighted by atomic mass is 10.4. The molecule has 0 atom stereocenters. The molecule has 8 heteroatoms. The fourth-order valence-corrected chi connectivity index (χ4v) is 1.02. The van der Waals surface area contributed by atoms with E-state index in [1.807, 2.05) is 0 Å². The van der Waals surface area contributed by atoms with Crippen molar-refractivity contribution in [2.24, 2.45) is 0 Å². The molecule has 0 spiro atoms. The summed E-state index contributed by atoms with van der Waals surface area (Å²) in [6.45, 7) is -1.14. The van der Waals surface area contributed by atoms with Crippen LogP contribution in [0.2, 0.25) is 0 Å². The number of hydrogen-bond acceptors (Lipinski definition) is 5. The Hall–Kier alpha value is -1.70. The van der Waals surface area contributed by atoms with Crippen LogP contribution in [0.1, 0.15) is 0 Å². The van der Waals surface area contributed by atoms with E-state index in [-0.39, 0.29) is 19.0 Å². The molecule has 0 unspecified atom stereocenters. The second-order valence-corrected chi connectivity index (χ2v) is 3.27. The van der Waals surface area contributed by atoms with Crippen LogP contribution in [0, 0.1) is 0 Å². The predicted octanol–water partition coefficient (Wildman–Crippen LogP) is 1.24. The molecular formula is C9H13F3N4O. The standard InChI is InChI=1S/C9H13F3N4O/c10-9(11,12)5-17-4-3-15-7-2-1-6(13)8(14)16-7/h1-2H,3-5,13H2,(H3,14,15,16). The first kappa shape index (κ1) is 13.4. The Morgan fingerprint density at radius 2 is 2.00 bits per heavy atom. The Morgan fingerprint density at radius 1 is 1.29 bits per heavy atom. The van der Waals surface area contributed by atoms with E-state index in [2.05, 4.69) is 15.0 Å². The number of nitrogens with one attached hydrogen (secondary N) is 1. The number of aromatic nitrogens is 1. The SMILES string of the molecule is Nc1ccc(NCCOCC(F)(F)F)nc1N. The van der Waals surface area contributed by atoms with Gasteiger partial charge < -0.3 is 21.5 Å². The van der Waals surface area contributed by atoms with Gasteiger partial charge >= 0.3 is 6.18 Å². The molecule has 5 nitrogen and oxygen atoms in total. The van der Waals surface area contributed by atoms with Crippen molar-refractivity contribution in [2.45, 2.75) is 6.18 Å². The van der Waals surface area contributed by atoms with Crippen molar-refractivity contribution < 1.29 is 17.9 Å². The highest BCUT2D eigenvalue weighted by Gasteiger charge is 2.27. The highest BCUT2D eigenvalue weighted by atomic mass is 19.4. The van der Waals surface area contributed by atoms with Crippen LogP contribution in [0.5, 0.6) is 0 Å². The molecule has 1 aromatic rings. The van der Waals surface area contributed by atoms with Gasteiger partial charge in [-0.25, -0.2) is 4.98 Å². The first-order valence-electron chi connectivity index (χ1n) is 4.79. The number of halogens is 3. The molecule has 0 aliphatic heterocycles. The van der Waals surface area contributed by atoms with Gasteiger partial charge in [0.2, 0.25) is 0 Å². The van der Waals surface area contributed by atoms with Gasteiger partial charge in [0.25, 0.3) is 0 Å². The Labute approximate surface area is 96.0 Å². The van der Waals surface area contributed by atoms with Crippen LogP contribution < -0.4 is 16.8 Å². The topological polar surface area (TPSA) is 86.2 Å². The summed E-state index contributed by atoms with van der Waals surface area (Å²) in [5.41, 5.74) is 11.3. The van der Waals surface area contributed by atoms with Gasteiger partial charge in [0.05, 0.1) is 12.3 Å². The maximum Gasteiger partial charge on any atom is 0.411 e. The van der Waals surface area contributed by atoms with Gasteiger partial charge in [-0.1, -0.05) is 0 Å². The van der Waals surface area contributed by atoms with Crippen LogP contribution >= 0.6 is 0 Å². The van der Waals surface area contributed by atoms with Crippen molar-refractivity contribution in [1.82, 2.24) is 4.98 Å². The lowest BCUT2D eigenvalue weighted by Gasteiger charge is -2.09. The van der Waals surface area contributed by atoms with Crippen molar-refractivity contribution in [2.75, 3.05) is 36.5 Å². The Balaban J connectivity index is 2.25. The maximum absolute atomic E-state index is 11.7. The molecule has 17 heavy (non-hydrogen) atoms. The number of nitrogens with zero attached hydrogens (tertiary/aromatic N) is 1. The quantitative estimate of drug-likeness (QED) is 0.684. The van der Waals surface area contributed by atoms with Crippen LogP contribution in [-0.4, -0.2) is 30.9 Å². The van der Waals surface area contributed by atoms with Crippen LogP contribution in [0.4, 0.5) is 30.5 Å². The smallest absolute Gasteiger partial charge is 0.396 e. The average Bonchev–Trinajstić information content (AvgIpc) is 2.21. The summed E-state index contributed by atoms with van der Waals surface area (Å²) in [4.78, 5) is 3.88. The fraction of sp³-hybridized carbons (Fsp3) is 0.444. The largest absolute Gasteiger partial charge is 0.411 e. The molecule has 96 valence electrons. The summed E-state index contributed by atoms with van der Waals surface area (Å²) in [5.74, 6) is 0.610. The van der Waals surface area contributed by atoms with E-state index in [9.17, 15) is 13.2 Å². The highest BCUT2D eigenvalue weighted by molar-refractivity contribution is 5.61. The third-order valence-electron chi connectivity index (χ3n) is 1.78. The number of nitrogens with two attached hydrogens (primary N) is 2. The summed E-state index contributed by atoms with van der Waals surface area (Å²) < 4.78 is 39.5. The molecule has 0 amide bonds. The van der Waals surface area contributed by atoms with Gasteiger partial charge in [0.1, 0.15) is 18.2 Å². The number of ether oxygens (including phenoxy) is 1. The molecular weight excluding hydrogens is 237 g/mol. The third kappa shape index (κ3) is 5.25. The zero-order valence-electron chi connectivity index (χ0n) is 8.92. The summed E-state index contributed by atoms with van der Waals surface area (Å²) in [6, 6.07) is 3.14. The predicted molar refractivity (Wildman–Crippen MR) is 58.4 cm³/mol. The van der Waals surface area contributed by atoms with Gasteiger partial charge in [-0.15, -0.1) is 0 Å². The average molecular weight is 250 g/mol. The number of hydrogen-bond donors (Lipinski definition) is 3. The van der Waals surface area contributed by atoms with E-state index < -0.39 is 12.8 Å². The van der Waals surface area contributed by atoms with E-state index in [1.165, 1.54) is 0 Å². The molecule has 1 rings (SSSR count). The Bertz CT molecular complexity index is 370. The maximum atomic E-state index is 11.7. The molecule has 1 heterocycles. The van der Waals surface area contributed by atoms with Crippen molar-refractivity contribution in [3.05, 3.63) is 12.1 Å². The highest BCUT2D eigenvalue weighted by Crippen LogP contribution is 2.15. The van der Waals surface area contributed by atoms with E-state index in [4.69, 9.17) is 11.5 Å². The lowest BCUT2D eigenvalue weighted by molar-refractivity contribution is -0.172. The normalized spacial score (nSPS) is 11.5. The molecule has 0 saturated carbocycles. The zero-order chi connectivity index (χ0) is 12.9. The first-order valence-corrected chi connectivity index (χ1v) is 4.79. The molecule has 0 aromatic carbocycles. The van der Waals surface area contributed by atoms with Gasteiger partial charge in [-0.05, 0) is 12.1 Å². The first-order chi connectivity index (χ1) is 7.88. The van der Waals surface area contributed by atoms with E-state index in [0.29, 0.717) is 11.5 Å². The minimum absolute atomic E-state index is 0.0779. The molecule has 0 aliphatic rings. The minimum Gasteiger partial charge on any atom is -0.396 e. The number of anilines is 3. The van der Waals surface area contributed by atoms with Gasteiger partial charge in [0, 0.05) is 6.54 Å². The van der Waals surface area contributed by atoms with E-state index >= 15 is 0 Å². The van der Waals surface area contributed by atoms with Crippen molar-refractivity contribution >= 4 is 17.3 Å². The minimum atomic E-state index is -4.30. The summed E-state index contributed by atoms with van der Waals surface area (Å²) >= 11 is 0. The van der Waals surface area contributed by atoms with Gasteiger partial charge in [-0.3, -0.25) is 0 Å². The molecule has 0 bridgehead atoms. The molecule has 0 aliphatic carbocycles. The fourth-order valence-electron chi connectivity index (χ4n) is 1.02. The Kier molecular flexibility index (Phi) is 4.38. The van der Waals surface area contributed by atoms with Crippen molar-refractivity contribution in [1.29, 1.82) is 0 Å². The van der Waals surface area contributed by atoms with Crippen molar-refractivity contribution in [3.63, 3.8) is 0 Å². The van der Waals surface area contributed by atoms with Crippen molar-refractivity contribution in [3.8, 4) is 0 Å². The van der Waals surface area contributed by atoms with Crippen LogP contribution in [0.15, 0.2) is 12.1 Å². The number of rotatable bonds is 5. The lowest BCUT2D eigenvalue weighted by Crippen LogP contribution is -2.20. The number of alkyl halides is 3. The van der Waals surface area contributed by atoms with E-state index in [1.54, 1.807) is 12.1 Å². The summed E-state index contributed by atoms with van der Waals surface area (Å²) in [5, 5.41) is 2.76. The van der Waals surface area contributed by atoms with E-state index in [0.717, 1.165) is 0 Å². The monoisotopic (exact) mass is 250 g/mol. The third-order valence-corrected chi connectivity index (χ3v) is 1.78. The molecule has 0 fully saturated rings. The second-order valence-electron chi connectivity index (χ2n) is 3.27. The molecule has 0 saturated heterocycles. The molecule has 1 aromatic heterocycles. The Morgan fingerprint density at radius 3 is 2.59 bits per heavy atom. The molecule has 0 radical (unpaired) electrons. The van der Waals surface area contributed by atoms with Crippen LogP contribution in [-0.2, 0) is 4.74 Å². The number of nitrogen functional groups attached to an aromatic ring is 2. The zero-order valence-corrected chi connectivity index (χ0v) is 8.92. The van der Waals surface area contributed by atoms with Gasteiger partial charge in [-0.2, -0.15) is 13.2 Å². The number of pyridine rings is 1.